The van der Waals surface area contributed by atoms with E-state index >= 15 is 0 Å². The Balaban J connectivity index is 2.23. The minimum Gasteiger partial charge on any atom is -0.478 e. The fraction of sp³-hybridized carbons (Fsp3) is 0.400. The molecule has 9 nitrogen and oxygen atoms in total. The van der Waals surface area contributed by atoms with E-state index in [1.54, 1.807) is 0 Å². The Labute approximate surface area is 124 Å². The molecule has 3 N–H and O–H groups in total. The number of aromatic amines is 1. The lowest BCUT2D eigenvalue weighted by Gasteiger charge is -2.02. The predicted molar refractivity (Wildman–Crippen MR) is 74.8 cm³/mol. The van der Waals surface area contributed by atoms with Gasteiger partial charge in [-0.25, -0.2) is 4.79 Å². The lowest BCUT2D eigenvalue weighted by molar-refractivity contribution is 0.0692. The molecule has 0 aromatic carbocycles. The van der Waals surface area contributed by atoms with Gasteiger partial charge in [0.2, 0.25) is 5.13 Å². The standard InChI is InChI=1S/C10H13N5O4S2/c1-5(2)3-7-12-14-10(20-7)15-21(18,19)8-6(9(16)17)4-11-13-8/h4-5H,3H2,1-2H3,(H,11,13)(H,14,15)(H,16,17). The van der Waals surface area contributed by atoms with Crippen LogP contribution in [0.15, 0.2) is 11.2 Å². The second kappa shape index (κ2) is 5.77. The molecular formula is C10H13N5O4S2. The van der Waals surface area contributed by atoms with Gasteiger partial charge in [0.1, 0.15) is 10.6 Å². The maximum absolute atomic E-state index is 12.1. The van der Waals surface area contributed by atoms with Gasteiger partial charge in [-0.3, -0.25) is 9.82 Å². The topological polar surface area (TPSA) is 138 Å². The molecule has 2 aromatic heterocycles. The maximum Gasteiger partial charge on any atom is 0.340 e. The molecule has 0 radical (unpaired) electrons. The number of nitrogens with one attached hydrogen (secondary N) is 2. The summed E-state index contributed by atoms with van der Waals surface area (Å²) in [5.74, 6) is -1.02. The molecule has 0 aliphatic heterocycles. The molecule has 114 valence electrons. The Morgan fingerprint density at radius 2 is 2.19 bits per heavy atom. The van der Waals surface area contributed by atoms with E-state index in [0.717, 1.165) is 17.5 Å². The number of rotatable bonds is 6. The van der Waals surface area contributed by atoms with Crippen molar-refractivity contribution in [3.63, 3.8) is 0 Å². The third-order valence-electron chi connectivity index (χ3n) is 2.37. The fourth-order valence-electron chi connectivity index (χ4n) is 1.52. The quantitative estimate of drug-likeness (QED) is 0.716. The van der Waals surface area contributed by atoms with E-state index in [1.807, 2.05) is 13.8 Å². The largest absolute Gasteiger partial charge is 0.478 e. The van der Waals surface area contributed by atoms with E-state index < -0.39 is 26.6 Å². The van der Waals surface area contributed by atoms with Crippen LogP contribution in [-0.4, -0.2) is 39.9 Å². The van der Waals surface area contributed by atoms with Gasteiger partial charge in [-0.15, -0.1) is 10.2 Å². The number of carboxylic acid groups (broad SMARTS) is 1. The molecule has 0 saturated carbocycles. The third-order valence-corrected chi connectivity index (χ3v) is 4.68. The van der Waals surface area contributed by atoms with Crippen LogP contribution in [0.3, 0.4) is 0 Å². The summed E-state index contributed by atoms with van der Waals surface area (Å²) in [7, 11) is -4.10. The number of aromatic nitrogens is 4. The molecule has 11 heteroatoms. The van der Waals surface area contributed by atoms with Crippen LogP contribution < -0.4 is 4.72 Å². The van der Waals surface area contributed by atoms with Crippen molar-refractivity contribution in [1.29, 1.82) is 0 Å². The van der Waals surface area contributed by atoms with Gasteiger partial charge < -0.3 is 5.11 Å². The normalized spacial score (nSPS) is 11.8. The molecule has 2 heterocycles. The maximum atomic E-state index is 12.1. The fourth-order valence-corrected chi connectivity index (χ4v) is 3.80. The Kier molecular flexibility index (Phi) is 4.23. The highest BCUT2D eigenvalue weighted by Gasteiger charge is 2.26. The Bertz CT molecular complexity index is 749. The van der Waals surface area contributed by atoms with Gasteiger partial charge >= 0.3 is 5.97 Å². The van der Waals surface area contributed by atoms with Crippen LogP contribution in [0.2, 0.25) is 0 Å². The molecule has 2 aromatic rings. The first-order chi connectivity index (χ1) is 9.79. The molecule has 0 fully saturated rings. The van der Waals surface area contributed by atoms with Crippen molar-refractivity contribution in [1.82, 2.24) is 20.4 Å². The molecule has 2 rings (SSSR count). The van der Waals surface area contributed by atoms with E-state index in [9.17, 15) is 13.2 Å². The zero-order valence-corrected chi connectivity index (χ0v) is 12.8. The number of sulfonamides is 1. The second-order valence-electron chi connectivity index (χ2n) is 4.62. The minimum atomic E-state index is -4.10. The first-order valence-corrected chi connectivity index (χ1v) is 8.21. The first kappa shape index (κ1) is 15.4. The zero-order chi connectivity index (χ0) is 15.6. The number of carbonyl (C=O) groups is 1. The van der Waals surface area contributed by atoms with Crippen LogP contribution in [0.25, 0.3) is 0 Å². The summed E-state index contributed by atoms with van der Waals surface area (Å²) in [5.41, 5.74) is -0.436. The third kappa shape index (κ3) is 3.55. The number of H-pyrrole nitrogens is 1. The van der Waals surface area contributed by atoms with Gasteiger partial charge in [0, 0.05) is 6.42 Å². The van der Waals surface area contributed by atoms with E-state index in [2.05, 4.69) is 25.1 Å². The number of carboxylic acids is 1. The summed E-state index contributed by atoms with van der Waals surface area (Å²) in [5, 5.41) is 22.4. The minimum absolute atomic E-state index is 0.0802. The summed E-state index contributed by atoms with van der Waals surface area (Å²) < 4.78 is 26.4. The van der Waals surface area contributed by atoms with Crippen molar-refractivity contribution in [2.75, 3.05) is 4.72 Å². The van der Waals surface area contributed by atoms with E-state index in [4.69, 9.17) is 5.11 Å². The van der Waals surface area contributed by atoms with Crippen molar-refractivity contribution < 1.29 is 18.3 Å². The Hall–Kier alpha value is -2.01. The zero-order valence-electron chi connectivity index (χ0n) is 11.2. The second-order valence-corrected chi connectivity index (χ2v) is 7.30. The molecular weight excluding hydrogens is 318 g/mol. The van der Waals surface area contributed by atoms with Crippen molar-refractivity contribution in [3.05, 3.63) is 16.8 Å². The van der Waals surface area contributed by atoms with E-state index in [0.29, 0.717) is 17.3 Å². The van der Waals surface area contributed by atoms with Crippen LogP contribution >= 0.6 is 11.3 Å². The lowest BCUT2D eigenvalue weighted by Crippen LogP contribution is -2.16. The Morgan fingerprint density at radius 1 is 1.48 bits per heavy atom. The summed E-state index contributed by atoms with van der Waals surface area (Å²) in [6.45, 7) is 4.02. The smallest absolute Gasteiger partial charge is 0.340 e. The molecule has 0 bridgehead atoms. The van der Waals surface area contributed by atoms with Gasteiger partial charge in [0.05, 0.1) is 6.20 Å². The van der Waals surface area contributed by atoms with Gasteiger partial charge in [0.25, 0.3) is 10.0 Å². The molecule has 21 heavy (non-hydrogen) atoms. The SMILES string of the molecule is CC(C)Cc1nnc(NS(=O)(=O)c2[nH]ncc2C(=O)O)s1. The van der Waals surface area contributed by atoms with Gasteiger partial charge in [0.15, 0.2) is 5.03 Å². The average molecular weight is 331 g/mol. The highest BCUT2D eigenvalue weighted by atomic mass is 32.2. The van der Waals surface area contributed by atoms with Gasteiger partial charge in [-0.2, -0.15) is 13.5 Å². The molecule has 0 saturated heterocycles. The molecule has 0 amide bonds. The molecule has 0 aliphatic rings. The monoisotopic (exact) mass is 331 g/mol. The summed E-state index contributed by atoms with van der Waals surface area (Å²) >= 11 is 1.11. The lowest BCUT2D eigenvalue weighted by atomic mass is 10.1. The summed E-state index contributed by atoms with van der Waals surface area (Å²) in [6, 6.07) is 0. The number of anilines is 1. The van der Waals surface area contributed by atoms with Crippen molar-refractivity contribution in [2.45, 2.75) is 25.3 Å². The van der Waals surface area contributed by atoms with E-state index in [1.165, 1.54) is 0 Å². The van der Waals surface area contributed by atoms with Crippen LogP contribution in [-0.2, 0) is 16.4 Å². The van der Waals surface area contributed by atoms with E-state index in [-0.39, 0.29) is 5.13 Å². The van der Waals surface area contributed by atoms with Crippen molar-refractivity contribution in [2.24, 2.45) is 5.92 Å². The number of aromatic carboxylic acids is 1. The predicted octanol–water partition coefficient (Wildman–Crippen LogP) is 0.959. The van der Waals surface area contributed by atoms with Gasteiger partial charge in [-0.1, -0.05) is 25.2 Å². The average Bonchev–Trinajstić information content (AvgIpc) is 2.96. The number of hydrogen-bond donors (Lipinski definition) is 3. The number of nitrogens with zero attached hydrogens (tertiary/aromatic N) is 3. The highest BCUT2D eigenvalue weighted by Crippen LogP contribution is 2.22. The highest BCUT2D eigenvalue weighted by molar-refractivity contribution is 7.92. The van der Waals surface area contributed by atoms with Crippen LogP contribution in [0.1, 0.15) is 29.2 Å². The molecule has 0 atom stereocenters. The van der Waals surface area contributed by atoms with Crippen molar-refractivity contribution in [3.8, 4) is 0 Å². The first-order valence-electron chi connectivity index (χ1n) is 5.91. The summed E-state index contributed by atoms with van der Waals surface area (Å²) in [4.78, 5) is 10.9. The molecule has 0 spiro atoms. The van der Waals surface area contributed by atoms with Gasteiger partial charge in [-0.05, 0) is 5.92 Å². The Morgan fingerprint density at radius 3 is 2.81 bits per heavy atom. The molecule has 0 unspecified atom stereocenters. The van der Waals surface area contributed by atoms with Crippen LogP contribution in [0, 0.1) is 5.92 Å². The number of hydrogen-bond acceptors (Lipinski definition) is 7. The van der Waals surface area contributed by atoms with Crippen LogP contribution in [0.4, 0.5) is 5.13 Å². The molecule has 0 aliphatic carbocycles. The summed E-state index contributed by atoms with van der Waals surface area (Å²) in [6.07, 6.45) is 1.62. The van der Waals surface area contributed by atoms with Crippen molar-refractivity contribution >= 4 is 32.5 Å². The van der Waals surface area contributed by atoms with Crippen LogP contribution in [0.5, 0.6) is 0 Å².